The van der Waals surface area contributed by atoms with Gasteiger partial charge in [-0.25, -0.2) is 0 Å². The normalized spacial score (nSPS) is 35.7. The van der Waals surface area contributed by atoms with Crippen LogP contribution in [0.1, 0.15) is 25.7 Å². The Hall–Kier alpha value is -0.720. The van der Waals surface area contributed by atoms with Crippen LogP contribution >= 0.6 is 0 Å². The molecule has 19 heavy (non-hydrogen) atoms. The Morgan fingerprint density at radius 3 is 2.00 bits per heavy atom. The molecule has 0 amide bonds. The summed E-state index contributed by atoms with van der Waals surface area (Å²) >= 11 is 0. The van der Waals surface area contributed by atoms with Gasteiger partial charge in [-0.3, -0.25) is 0 Å². The molecule has 0 heterocycles. The summed E-state index contributed by atoms with van der Waals surface area (Å²) in [4.78, 5) is 0. The molecule has 3 unspecified atom stereocenters. The molecule has 7 heteroatoms. The van der Waals surface area contributed by atoms with Gasteiger partial charge in [0.1, 0.15) is 0 Å². The van der Waals surface area contributed by atoms with Crippen LogP contribution in [0.15, 0.2) is 12.7 Å². The maximum atomic E-state index is 12.9. The van der Waals surface area contributed by atoms with Crippen molar-refractivity contribution in [2.45, 2.75) is 43.6 Å². The van der Waals surface area contributed by atoms with Crippen molar-refractivity contribution in [3.63, 3.8) is 0 Å². The standard InChI is InChI=1S/C12H14F6O/c1-2-9-4-3-7(6-9)5-8(9)10(19,11(13,14)15)12(16,17)18/h2,7-8,19H,1,3-6H2. The molecule has 0 aromatic rings. The van der Waals surface area contributed by atoms with Crippen molar-refractivity contribution in [3.05, 3.63) is 12.7 Å². The molecular formula is C12H14F6O. The summed E-state index contributed by atoms with van der Waals surface area (Å²) in [5.74, 6) is -2.09. The van der Waals surface area contributed by atoms with Crippen molar-refractivity contribution in [2.75, 3.05) is 0 Å². The Kier molecular flexibility index (Phi) is 3.01. The summed E-state index contributed by atoms with van der Waals surface area (Å²) in [6.45, 7) is 3.39. The Balaban J connectivity index is 2.50. The zero-order valence-corrected chi connectivity index (χ0v) is 9.98. The van der Waals surface area contributed by atoms with Gasteiger partial charge in [0.2, 0.25) is 0 Å². The van der Waals surface area contributed by atoms with Gasteiger partial charge >= 0.3 is 12.4 Å². The topological polar surface area (TPSA) is 20.2 Å². The van der Waals surface area contributed by atoms with Crippen molar-refractivity contribution in [2.24, 2.45) is 17.3 Å². The number of fused-ring (bicyclic) bond motifs is 2. The van der Waals surface area contributed by atoms with E-state index in [9.17, 15) is 31.4 Å². The maximum Gasteiger partial charge on any atom is 0.426 e. The highest BCUT2D eigenvalue weighted by atomic mass is 19.4. The van der Waals surface area contributed by atoms with Gasteiger partial charge in [0.25, 0.3) is 5.60 Å². The summed E-state index contributed by atoms with van der Waals surface area (Å²) in [6.07, 6.45) is -9.51. The Labute approximate surface area is 106 Å². The fourth-order valence-corrected chi connectivity index (χ4v) is 3.77. The highest BCUT2D eigenvalue weighted by Crippen LogP contribution is 2.66. The van der Waals surface area contributed by atoms with Crippen molar-refractivity contribution < 1.29 is 31.4 Å². The fraction of sp³-hybridized carbons (Fsp3) is 0.833. The molecule has 2 aliphatic rings. The number of allylic oxidation sites excluding steroid dienone is 1. The molecule has 0 aromatic carbocycles. The Morgan fingerprint density at radius 2 is 1.63 bits per heavy atom. The average Bonchev–Trinajstić information content (AvgIpc) is 2.82. The van der Waals surface area contributed by atoms with E-state index in [2.05, 4.69) is 6.58 Å². The molecule has 1 nitrogen and oxygen atoms in total. The number of hydrogen-bond acceptors (Lipinski definition) is 1. The summed E-state index contributed by atoms with van der Waals surface area (Å²) in [5.41, 5.74) is -5.91. The van der Waals surface area contributed by atoms with E-state index < -0.39 is 29.3 Å². The van der Waals surface area contributed by atoms with Crippen LogP contribution in [0.4, 0.5) is 26.3 Å². The first-order valence-electron chi connectivity index (χ1n) is 5.97. The molecular weight excluding hydrogens is 274 g/mol. The third kappa shape index (κ3) is 1.80. The van der Waals surface area contributed by atoms with Gasteiger partial charge in [0.05, 0.1) is 0 Å². The minimum Gasteiger partial charge on any atom is -0.373 e. The van der Waals surface area contributed by atoms with Gasteiger partial charge in [-0.15, -0.1) is 6.58 Å². The van der Waals surface area contributed by atoms with Crippen LogP contribution in [-0.4, -0.2) is 23.1 Å². The van der Waals surface area contributed by atoms with E-state index in [0.717, 1.165) is 0 Å². The number of rotatable bonds is 2. The van der Waals surface area contributed by atoms with Crippen LogP contribution in [0.25, 0.3) is 0 Å². The Morgan fingerprint density at radius 1 is 1.11 bits per heavy atom. The number of alkyl halides is 6. The molecule has 2 rings (SSSR count). The molecule has 0 spiro atoms. The van der Waals surface area contributed by atoms with Crippen LogP contribution in [0, 0.1) is 17.3 Å². The number of hydrogen-bond donors (Lipinski definition) is 1. The minimum atomic E-state index is -5.74. The molecule has 1 N–H and O–H groups in total. The van der Waals surface area contributed by atoms with Gasteiger partial charge in [-0.1, -0.05) is 6.08 Å². The number of aliphatic hydroxyl groups is 1. The van der Waals surface area contributed by atoms with Gasteiger partial charge in [-0.05, 0) is 37.0 Å². The van der Waals surface area contributed by atoms with Crippen LogP contribution in [0.5, 0.6) is 0 Å². The minimum absolute atomic E-state index is 0.195. The lowest BCUT2D eigenvalue weighted by atomic mass is 9.66. The lowest BCUT2D eigenvalue weighted by molar-refractivity contribution is -0.391. The third-order valence-electron chi connectivity index (χ3n) is 4.72. The smallest absolute Gasteiger partial charge is 0.373 e. The molecule has 3 atom stereocenters. The second kappa shape index (κ2) is 3.90. The van der Waals surface area contributed by atoms with E-state index in [1.807, 2.05) is 0 Å². The molecule has 0 aromatic heterocycles. The zero-order valence-electron chi connectivity index (χ0n) is 9.98. The van der Waals surface area contributed by atoms with E-state index in [1.54, 1.807) is 0 Å². The van der Waals surface area contributed by atoms with Crippen molar-refractivity contribution >= 4 is 0 Å². The first kappa shape index (κ1) is 14.7. The van der Waals surface area contributed by atoms with Gasteiger partial charge in [0, 0.05) is 5.92 Å². The first-order chi connectivity index (χ1) is 8.48. The third-order valence-corrected chi connectivity index (χ3v) is 4.72. The fourth-order valence-electron chi connectivity index (χ4n) is 3.77. The average molecular weight is 288 g/mol. The summed E-state index contributed by atoms with van der Waals surface area (Å²) < 4.78 is 77.3. The van der Waals surface area contributed by atoms with Crippen LogP contribution in [-0.2, 0) is 0 Å². The van der Waals surface area contributed by atoms with Gasteiger partial charge < -0.3 is 5.11 Å². The summed E-state index contributed by atoms with van der Waals surface area (Å²) in [5, 5.41) is 9.50. The molecule has 2 saturated carbocycles. The van der Waals surface area contributed by atoms with Gasteiger partial charge in [-0.2, -0.15) is 26.3 Å². The molecule has 0 aliphatic heterocycles. The summed E-state index contributed by atoms with van der Waals surface area (Å²) in [7, 11) is 0. The monoisotopic (exact) mass is 288 g/mol. The quantitative estimate of drug-likeness (QED) is 0.604. The van der Waals surface area contributed by atoms with Crippen LogP contribution < -0.4 is 0 Å². The van der Waals surface area contributed by atoms with Crippen molar-refractivity contribution in [1.82, 2.24) is 0 Å². The molecule has 110 valence electrons. The van der Waals surface area contributed by atoms with Crippen molar-refractivity contribution in [3.8, 4) is 0 Å². The van der Waals surface area contributed by atoms with E-state index in [4.69, 9.17) is 0 Å². The van der Waals surface area contributed by atoms with Crippen molar-refractivity contribution in [1.29, 1.82) is 0 Å². The second-order valence-corrected chi connectivity index (χ2v) is 5.60. The van der Waals surface area contributed by atoms with Crippen LogP contribution in [0.2, 0.25) is 0 Å². The molecule has 0 saturated heterocycles. The maximum absolute atomic E-state index is 12.9. The Bertz CT molecular complexity index is 371. The second-order valence-electron chi connectivity index (χ2n) is 5.60. The largest absolute Gasteiger partial charge is 0.426 e. The van der Waals surface area contributed by atoms with E-state index in [1.165, 1.54) is 6.08 Å². The SMILES string of the molecule is C=CC12CCC(CC1C(O)(C(F)(F)F)C(F)(F)F)C2. The molecule has 2 bridgehead atoms. The zero-order chi connectivity index (χ0) is 14.7. The highest BCUT2D eigenvalue weighted by Gasteiger charge is 2.78. The first-order valence-corrected chi connectivity index (χ1v) is 5.97. The van der Waals surface area contributed by atoms with E-state index >= 15 is 0 Å². The van der Waals surface area contributed by atoms with E-state index in [0.29, 0.717) is 6.42 Å². The lowest BCUT2D eigenvalue weighted by Crippen LogP contribution is -2.64. The molecule has 2 aliphatic carbocycles. The van der Waals surface area contributed by atoms with Crippen LogP contribution in [0.3, 0.4) is 0 Å². The highest BCUT2D eigenvalue weighted by molar-refractivity contribution is 5.18. The lowest BCUT2D eigenvalue weighted by Gasteiger charge is -2.45. The van der Waals surface area contributed by atoms with E-state index in [-0.39, 0.29) is 25.2 Å². The van der Waals surface area contributed by atoms with Gasteiger partial charge in [0.15, 0.2) is 0 Å². The predicted molar refractivity (Wildman–Crippen MR) is 55.1 cm³/mol. The molecule has 0 radical (unpaired) electrons. The molecule has 2 fully saturated rings. The summed E-state index contributed by atoms with van der Waals surface area (Å²) in [6, 6.07) is 0. The predicted octanol–water partition coefficient (Wildman–Crippen LogP) is 3.83. The number of halogens is 6.